The molecule has 0 unspecified atom stereocenters. The zero-order chi connectivity index (χ0) is 13.1. The van der Waals surface area contributed by atoms with E-state index in [1.54, 1.807) is 23.1 Å². The highest BCUT2D eigenvalue weighted by Crippen LogP contribution is 2.33. The first-order chi connectivity index (χ1) is 8.59. The molecule has 0 radical (unpaired) electrons. The van der Waals surface area contributed by atoms with E-state index in [0.29, 0.717) is 15.7 Å². The first kappa shape index (κ1) is 12.9. The maximum atomic E-state index is 11.8. The summed E-state index contributed by atoms with van der Waals surface area (Å²) in [6.07, 6.45) is 0. The van der Waals surface area contributed by atoms with Crippen LogP contribution in [0.2, 0.25) is 10.0 Å². The van der Waals surface area contributed by atoms with Gasteiger partial charge in [-0.2, -0.15) is 0 Å². The van der Waals surface area contributed by atoms with Crippen molar-refractivity contribution >= 4 is 40.5 Å². The monoisotopic (exact) mass is 279 g/mol. The molecule has 0 heterocycles. The fraction of sp³-hybridized carbons (Fsp3) is 0.0714. The van der Waals surface area contributed by atoms with Crippen molar-refractivity contribution in [2.24, 2.45) is 0 Å². The molecule has 0 bridgehead atoms. The number of amides is 1. The van der Waals surface area contributed by atoms with E-state index in [9.17, 15) is 4.79 Å². The average molecular weight is 280 g/mol. The van der Waals surface area contributed by atoms with Crippen LogP contribution >= 0.6 is 23.2 Å². The molecule has 2 aromatic carbocycles. The summed E-state index contributed by atoms with van der Waals surface area (Å²) in [7, 11) is 0. The third kappa shape index (κ3) is 2.66. The van der Waals surface area contributed by atoms with E-state index < -0.39 is 0 Å². The molecule has 0 fully saturated rings. The number of benzene rings is 2. The molecule has 0 aromatic heterocycles. The summed E-state index contributed by atoms with van der Waals surface area (Å²) in [5, 5.41) is 0.988. The summed E-state index contributed by atoms with van der Waals surface area (Å²) in [6.45, 7) is 1.50. The SMILES string of the molecule is CC(=O)N(c1ccccc1)c1ccc(Cl)cc1Cl. The van der Waals surface area contributed by atoms with Crippen LogP contribution in [0.15, 0.2) is 48.5 Å². The summed E-state index contributed by atoms with van der Waals surface area (Å²) in [5.74, 6) is -0.106. The van der Waals surface area contributed by atoms with Crippen molar-refractivity contribution < 1.29 is 4.79 Å². The minimum atomic E-state index is -0.106. The molecule has 92 valence electrons. The minimum Gasteiger partial charge on any atom is -0.280 e. The van der Waals surface area contributed by atoms with Crippen LogP contribution in [0.25, 0.3) is 0 Å². The number of hydrogen-bond acceptors (Lipinski definition) is 1. The van der Waals surface area contributed by atoms with E-state index in [2.05, 4.69) is 0 Å². The summed E-state index contributed by atoms with van der Waals surface area (Å²) >= 11 is 12.0. The molecule has 0 aliphatic heterocycles. The van der Waals surface area contributed by atoms with Gasteiger partial charge in [0.1, 0.15) is 0 Å². The van der Waals surface area contributed by atoms with Crippen LogP contribution in [0, 0.1) is 0 Å². The highest BCUT2D eigenvalue weighted by atomic mass is 35.5. The Morgan fingerprint density at radius 3 is 2.28 bits per heavy atom. The van der Waals surface area contributed by atoms with E-state index in [4.69, 9.17) is 23.2 Å². The Hall–Kier alpha value is -1.51. The molecule has 0 saturated heterocycles. The van der Waals surface area contributed by atoms with Crippen LogP contribution < -0.4 is 4.90 Å². The van der Waals surface area contributed by atoms with E-state index in [-0.39, 0.29) is 5.91 Å². The largest absolute Gasteiger partial charge is 0.280 e. The van der Waals surface area contributed by atoms with Gasteiger partial charge in [0.25, 0.3) is 0 Å². The molecule has 0 aliphatic rings. The van der Waals surface area contributed by atoms with Gasteiger partial charge in [-0.05, 0) is 30.3 Å². The zero-order valence-electron chi connectivity index (χ0n) is 9.73. The summed E-state index contributed by atoms with van der Waals surface area (Å²) in [6, 6.07) is 14.4. The van der Waals surface area contributed by atoms with Crippen molar-refractivity contribution in [1.82, 2.24) is 0 Å². The minimum absolute atomic E-state index is 0.106. The van der Waals surface area contributed by atoms with Gasteiger partial charge in [-0.25, -0.2) is 0 Å². The van der Waals surface area contributed by atoms with Crippen LogP contribution in [0.3, 0.4) is 0 Å². The molecule has 18 heavy (non-hydrogen) atoms. The Balaban J connectivity index is 2.52. The van der Waals surface area contributed by atoms with Crippen LogP contribution in [-0.4, -0.2) is 5.91 Å². The Kier molecular flexibility index (Phi) is 3.90. The lowest BCUT2D eigenvalue weighted by Crippen LogP contribution is -2.22. The molecular weight excluding hydrogens is 269 g/mol. The average Bonchev–Trinajstić information content (AvgIpc) is 2.33. The van der Waals surface area contributed by atoms with E-state index in [1.165, 1.54) is 6.92 Å². The Morgan fingerprint density at radius 1 is 1.06 bits per heavy atom. The first-order valence-corrected chi connectivity index (χ1v) is 6.16. The molecular formula is C14H11Cl2NO. The van der Waals surface area contributed by atoms with E-state index in [0.717, 1.165) is 5.69 Å². The highest BCUT2D eigenvalue weighted by molar-refractivity contribution is 6.37. The van der Waals surface area contributed by atoms with Gasteiger partial charge in [-0.1, -0.05) is 41.4 Å². The van der Waals surface area contributed by atoms with Crippen LogP contribution in [0.5, 0.6) is 0 Å². The number of carbonyl (C=O) groups excluding carboxylic acids is 1. The highest BCUT2D eigenvalue weighted by Gasteiger charge is 2.16. The molecule has 2 rings (SSSR count). The number of halogens is 2. The summed E-state index contributed by atoms with van der Waals surface area (Å²) in [4.78, 5) is 13.4. The molecule has 0 spiro atoms. The van der Waals surface area contributed by atoms with Gasteiger partial charge < -0.3 is 0 Å². The topological polar surface area (TPSA) is 20.3 Å². The normalized spacial score (nSPS) is 10.2. The predicted molar refractivity (Wildman–Crippen MR) is 75.7 cm³/mol. The second-order valence-electron chi connectivity index (χ2n) is 3.79. The van der Waals surface area contributed by atoms with Crippen molar-refractivity contribution in [3.63, 3.8) is 0 Å². The molecule has 0 aliphatic carbocycles. The molecule has 2 aromatic rings. The lowest BCUT2D eigenvalue weighted by molar-refractivity contribution is -0.115. The van der Waals surface area contributed by atoms with Gasteiger partial charge in [0.2, 0.25) is 5.91 Å². The van der Waals surface area contributed by atoms with Gasteiger partial charge in [0, 0.05) is 17.6 Å². The van der Waals surface area contributed by atoms with Crippen LogP contribution in [-0.2, 0) is 4.79 Å². The molecule has 0 saturated carbocycles. The van der Waals surface area contributed by atoms with Gasteiger partial charge in [0.05, 0.1) is 10.7 Å². The molecule has 0 atom stereocenters. The maximum Gasteiger partial charge on any atom is 0.228 e. The van der Waals surface area contributed by atoms with Crippen molar-refractivity contribution in [3.05, 3.63) is 58.6 Å². The van der Waals surface area contributed by atoms with Crippen LogP contribution in [0.4, 0.5) is 11.4 Å². The summed E-state index contributed by atoms with van der Waals surface area (Å²) < 4.78 is 0. The lowest BCUT2D eigenvalue weighted by atomic mass is 10.2. The molecule has 1 amide bonds. The summed E-state index contributed by atoms with van der Waals surface area (Å²) in [5.41, 5.74) is 1.40. The van der Waals surface area contributed by atoms with Crippen molar-refractivity contribution in [2.75, 3.05) is 4.90 Å². The Morgan fingerprint density at radius 2 is 1.72 bits per heavy atom. The number of anilines is 2. The van der Waals surface area contributed by atoms with Gasteiger partial charge in [0.15, 0.2) is 0 Å². The van der Waals surface area contributed by atoms with E-state index in [1.807, 2.05) is 30.3 Å². The second kappa shape index (κ2) is 5.42. The fourth-order valence-electron chi connectivity index (χ4n) is 1.73. The van der Waals surface area contributed by atoms with Crippen molar-refractivity contribution in [3.8, 4) is 0 Å². The van der Waals surface area contributed by atoms with Crippen molar-refractivity contribution in [2.45, 2.75) is 6.92 Å². The number of hydrogen-bond donors (Lipinski definition) is 0. The Bertz CT molecular complexity index is 569. The number of para-hydroxylation sites is 1. The van der Waals surface area contributed by atoms with Gasteiger partial charge >= 0.3 is 0 Å². The first-order valence-electron chi connectivity index (χ1n) is 5.40. The smallest absolute Gasteiger partial charge is 0.228 e. The zero-order valence-corrected chi connectivity index (χ0v) is 11.2. The fourth-order valence-corrected chi connectivity index (χ4v) is 2.22. The van der Waals surface area contributed by atoms with Crippen LogP contribution in [0.1, 0.15) is 6.92 Å². The lowest BCUT2D eigenvalue weighted by Gasteiger charge is -2.22. The number of carbonyl (C=O) groups is 1. The number of nitrogens with zero attached hydrogens (tertiary/aromatic N) is 1. The van der Waals surface area contributed by atoms with Gasteiger partial charge in [-0.15, -0.1) is 0 Å². The second-order valence-corrected chi connectivity index (χ2v) is 4.63. The van der Waals surface area contributed by atoms with Crippen molar-refractivity contribution in [1.29, 1.82) is 0 Å². The molecule has 2 nitrogen and oxygen atoms in total. The third-order valence-electron chi connectivity index (χ3n) is 2.48. The van der Waals surface area contributed by atoms with E-state index >= 15 is 0 Å². The standard InChI is InChI=1S/C14H11Cl2NO/c1-10(18)17(12-5-3-2-4-6-12)14-8-7-11(15)9-13(14)16/h2-9H,1H3. The third-order valence-corrected chi connectivity index (χ3v) is 3.02. The molecule has 0 N–H and O–H groups in total. The quantitative estimate of drug-likeness (QED) is 0.782. The number of rotatable bonds is 2. The molecule has 4 heteroatoms. The Labute approximate surface area is 116 Å². The van der Waals surface area contributed by atoms with Gasteiger partial charge in [-0.3, -0.25) is 9.69 Å². The maximum absolute atomic E-state index is 11.8. The predicted octanol–water partition coefficient (Wildman–Crippen LogP) is 4.68.